The van der Waals surface area contributed by atoms with E-state index in [-0.39, 0.29) is 6.10 Å². The third kappa shape index (κ3) is 2.59. The Morgan fingerprint density at radius 3 is 3.33 bits per heavy atom. The Morgan fingerprint density at radius 2 is 2.48 bits per heavy atom. The molecule has 4 heterocycles. The van der Waals surface area contributed by atoms with E-state index >= 15 is 0 Å². The quantitative estimate of drug-likeness (QED) is 0.882. The van der Waals surface area contributed by atoms with E-state index in [0.29, 0.717) is 10.8 Å². The lowest BCUT2D eigenvalue weighted by Gasteiger charge is -2.35. The van der Waals surface area contributed by atoms with Gasteiger partial charge in [0.25, 0.3) is 0 Å². The number of aromatic nitrogens is 3. The number of thiophene rings is 1. The van der Waals surface area contributed by atoms with Gasteiger partial charge in [0.05, 0.1) is 24.1 Å². The van der Waals surface area contributed by atoms with Crippen LogP contribution in [0.15, 0.2) is 17.5 Å². The number of morpholine rings is 1. The van der Waals surface area contributed by atoms with Gasteiger partial charge in [0.15, 0.2) is 10.6 Å². The fourth-order valence-corrected chi connectivity index (χ4v) is 4.21. The number of fused-ring (bicyclic) bond motifs is 1. The Balaban J connectivity index is 1.55. The summed E-state index contributed by atoms with van der Waals surface area (Å²) in [7, 11) is 0. The van der Waals surface area contributed by atoms with Gasteiger partial charge in [0.1, 0.15) is 0 Å². The van der Waals surface area contributed by atoms with E-state index in [0.717, 1.165) is 30.4 Å². The molecule has 21 heavy (non-hydrogen) atoms. The molecule has 0 amide bonds. The summed E-state index contributed by atoms with van der Waals surface area (Å²) in [6.45, 7) is 3.83. The highest BCUT2D eigenvalue weighted by Crippen LogP contribution is 2.26. The zero-order chi connectivity index (χ0) is 14.2. The van der Waals surface area contributed by atoms with E-state index < -0.39 is 0 Å². The smallest absolute Gasteiger partial charge is 0.195 e. The molecule has 2 atom stereocenters. The molecule has 5 nitrogen and oxygen atoms in total. The topological polar surface area (TPSA) is 46.1 Å². The predicted molar refractivity (Wildman–Crippen MR) is 85.1 cm³/mol. The molecule has 0 aromatic carbocycles. The summed E-state index contributed by atoms with van der Waals surface area (Å²) >= 11 is 7.07. The van der Waals surface area contributed by atoms with Crippen molar-refractivity contribution in [2.45, 2.75) is 31.5 Å². The summed E-state index contributed by atoms with van der Waals surface area (Å²) < 4.78 is 8.79. The van der Waals surface area contributed by atoms with Crippen LogP contribution in [0.4, 0.5) is 0 Å². The summed E-state index contributed by atoms with van der Waals surface area (Å²) in [5, 5.41) is 9.35. The van der Waals surface area contributed by atoms with Gasteiger partial charge < -0.3 is 4.74 Å². The van der Waals surface area contributed by atoms with Crippen molar-refractivity contribution in [2.24, 2.45) is 0 Å². The molecular weight excluding hydrogens is 304 g/mol. The molecule has 2 aromatic rings. The second-order valence-electron chi connectivity index (χ2n) is 5.69. The van der Waals surface area contributed by atoms with Crippen LogP contribution in [-0.4, -0.2) is 51.5 Å². The maximum Gasteiger partial charge on any atom is 0.195 e. The Kier molecular flexibility index (Phi) is 3.66. The first-order valence-electron chi connectivity index (χ1n) is 7.36. The number of rotatable bonds is 3. The summed E-state index contributed by atoms with van der Waals surface area (Å²) in [6, 6.07) is 4.74. The Hall–Kier alpha value is -1.02. The van der Waals surface area contributed by atoms with Crippen LogP contribution in [-0.2, 0) is 11.3 Å². The highest BCUT2D eigenvalue weighted by molar-refractivity contribution is 7.71. The molecule has 2 unspecified atom stereocenters. The largest absolute Gasteiger partial charge is 0.373 e. The minimum absolute atomic E-state index is 0.197. The summed E-state index contributed by atoms with van der Waals surface area (Å²) in [5.41, 5.74) is 0. The number of aromatic amines is 1. The first kappa shape index (κ1) is 13.6. The number of nitrogens with zero attached hydrogens (tertiary/aromatic N) is 3. The van der Waals surface area contributed by atoms with Crippen molar-refractivity contribution in [1.82, 2.24) is 19.7 Å². The van der Waals surface area contributed by atoms with E-state index in [1.165, 1.54) is 19.4 Å². The molecule has 2 aromatic heterocycles. The van der Waals surface area contributed by atoms with E-state index in [1.54, 1.807) is 11.3 Å². The minimum atomic E-state index is 0.197. The van der Waals surface area contributed by atoms with E-state index in [9.17, 15) is 0 Å². The molecular formula is C14H18N4OS2. The van der Waals surface area contributed by atoms with Gasteiger partial charge in [-0.3, -0.25) is 14.6 Å². The van der Waals surface area contributed by atoms with E-state index in [4.69, 9.17) is 17.0 Å². The van der Waals surface area contributed by atoms with Crippen LogP contribution in [0, 0.1) is 4.77 Å². The average Bonchev–Trinajstić information content (AvgIpc) is 3.20. The third-order valence-electron chi connectivity index (χ3n) is 4.35. The maximum absolute atomic E-state index is 6.05. The van der Waals surface area contributed by atoms with Gasteiger partial charge in [0.2, 0.25) is 0 Å². The average molecular weight is 322 g/mol. The molecule has 0 spiro atoms. The molecule has 1 N–H and O–H groups in total. The van der Waals surface area contributed by atoms with E-state index in [1.807, 2.05) is 6.07 Å². The molecule has 2 aliphatic rings. The highest BCUT2D eigenvalue weighted by atomic mass is 32.1. The Morgan fingerprint density at radius 1 is 1.52 bits per heavy atom. The van der Waals surface area contributed by atoms with Gasteiger partial charge in [-0.05, 0) is 43.1 Å². The van der Waals surface area contributed by atoms with Crippen LogP contribution in [0.5, 0.6) is 0 Å². The lowest BCUT2D eigenvalue weighted by Crippen LogP contribution is -2.47. The number of ether oxygens (including phenoxy) is 1. The van der Waals surface area contributed by atoms with Crippen molar-refractivity contribution >= 4 is 23.6 Å². The normalized spacial score (nSPS) is 26.1. The summed E-state index contributed by atoms with van der Waals surface area (Å²) in [5.74, 6) is 0.919. The summed E-state index contributed by atoms with van der Waals surface area (Å²) in [6.07, 6.45) is 2.77. The van der Waals surface area contributed by atoms with Gasteiger partial charge >= 0.3 is 0 Å². The molecule has 2 fully saturated rings. The van der Waals surface area contributed by atoms with Crippen molar-refractivity contribution in [1.29, 1.82) is 0 Å². The van der Waals surface area contributed by atoms with Gasteiger partial charge in [-0.1, -0.05) is 6.07 Å². The van der Waals surface area contributed by atoms with Gasteiger partial charge in [-0.15, -0.1) is 11.3 Å². The standard InChI is InChI=1S/C14H18N4OS2/c20-14-16-15-13(12-4-2-6-21-12)18(14)8-11-7-17-5-1-3-10(17)9-19-11/h2,4,6,10-11H,1,3,5,7-9H2,(H,16,20). The van der Waals surface area contributed by atoms with Crippen molar-refractivity contribution in [3.8, 4) is 10.7 Å². The molecule has 0 saturated carbocycles. The first-order chi connectivity index (χ1) is 10.3. The van der Waals surface area contributed by atoms with E-state index in [2.05, 4.69) is 31.1 Å². The van der Waals surface area contributed by atoms with Crippen LogP contribution >= 0.6 is 23.6 Å². The first-order valence-corrected chi connectivity index (χ1v) is 8.65. The van der Waals surface area contributed by atoms with Crippen molar-refractivity contribution in [3.05, 3.63) is 22.3 Å². The fraction of sp³-hybridized carbons (Fsp3) is 0.571. The molecule has 0 radical (unpaired) electrons. The molecule has 0 bridgehead atoms. The van der Waals surface area contributed by atoms with Gasteiger partial charge in [-0.25, -0.2) is 0 Å². The number of nitrogens with one attached hydrogen (secondary N) is 1. The number of hydrogen-bond acceptors (Lipinski definition) is 5. The van der Waals surface area contributed by atoms with Gasteiger partial charge in [0, 0.05) is 12.6 Å². The Bertz CT molecular complexity index is 663. The lowest BCUT2D eigenvalue weighted by atomic mass is 10.2. The highest BCUT2D eigenvalue weighted by Gasteiger charge is 2.32. The third-order valence-corrected chi connectivity index (χ3v) is 5.53. The fourth-order valence-electron chi connectivity index (χ4n) is 3.28. The zero-order valence-corrected chi connectivity index (χ0v) is 13.3. The SMILES string of the molecule is S=c1[nH]nc(-c2cccs2)n1CC1CN2CCCC2CO1. The molecule has 4 rings (SSSR count). The number of hydrogen-bond donors (Lipinski definition) is 1. The van der Waals surface area contributed by atoms with Crippen LogP contribution in [0.3, 0.4) is 0 Å². The number of H-pyrrole nitrogens is 1. The van der Waals surface area contributed by atoms with Crippen molar-refractivity contribution < 1.29 is 4.74 Å². The monoisotopic (exact) mass is 322 g/mol. The predicted octanol–water partition coefficient (Wildman–Crippen LogP) is 2.53. The second-order valence-corrected chi connectivity index (χ2v) is 7.02. The Labute approximate surface area is 132 Å². The molecule has 7 heteroatoms. The van der Waals surface area contributed by atoms with Crippen LogP contribution < -0.4 is 0 Å². The minimum Gasteiger partial charge on any atom is -0.373 e. The molecule has 2 saturated heterocycles. The van der Waals surface area contributed by atoms with Crippen LogP contribution in [0.1, 0.15) is 12.8 Å². The maximum atomic E-state index is 6.05. The van der Waals surface area contributed by atoms with Crippen molar-refractivity contribution in [3.63, 3.8) is 0 Å². The summed E-state index contributed by atoms with van der Waals surface area (Å²) in [4.78, 5) is 3.69. The molecule has 0 aliphatic carbocycles. The van der Waals surface area contributed by atoms with Gasteiger partial charge in [-0.2, -0.15) is 5.10 Å². The van der Waals surface area contributed by atoms with Crippen LogP contribution in [0.25, 0.3) is 10.7 Å². The van der Waals surface area contributed by atoms with Crippen LogP contribution in [0.2, 0.25) is 0 Å². The second kappa shape index (κ2) is 5.64. The lowest BCUT2D eigenvalue weighted by molar-refractivity contribution is -0.0551. The molecule has 2 aliphatic heterocycles. The molecule has 112 valence electrons. The zero-order valence-electron chi connectivity index (χ0n) is 11.7. The van der Waals surface area contributed by atoms with Crippen molar-refractivity contribution in [2.75, 3.05) is 19.7 Å².